The van der Waals surface area contributed by atoms with Crippen LogP contribution in [0.25, 0.3) is 0 Å². The van der Waals surface area contributed by atoms with Crippen LogP contribution in [0.5, 0.6) is 0 Å². The van der Waals surface area contributed by atoms with E-state index in [0.717, 1.165) is 13.0 Å². The number of rotatable bonds is 10. The van der Waals surface area contributed by atoms with Crippen LogP contribution < -0.4 is 5.73 Å². The fourth-order valence-electron chi connectivity index (χ4n) is 0.996. The van der Waals surface area contributed by atoms with Gasteiger partial charge in [-0.25, -0.2) is 0 Å². The number of nitrogens with two attached hydrogens (primary N) is 1. The third-order valence-electron chi connectivity index (χ3n) is 2.42. The molecule has 4 nitrogen and oxygen atoms in total. The molecule has 0 aromatic heterocycles. The smallest absolute Gasteiger partial charge is 0.0701 e. The predicted octanol–water partition coefficient (Wildman–Crippen LogP) is 1.04. The third kappa shape index (κ3) is 10.1. The van der Waals surface area contributed by atoms with E-state index < -0.39 is 0 Å². The lowest BCUT2D eigenvalue weighted by Crippen LogP contribution is -2.25. The Morgan fingerprint density at radius 1 is 0.933 bits per heavy atom. The van der Waals surface area contributed by atoms with Crippen molar-refractivity contribution in [3.05, 3.63) is 0 Å². The van der Waals surface area contributed by atoms with Crippen LogP contribution in [0.1, 0.15) is 20.3 Å². The van der Waals surface area contributed by atoms with Gasteiger partial charge in [0.15, 0.2) is 0 Å². The van der Waals surface area contributed by atoms with Gasteiger partial charge in [-0.05, 0) is 19.3 Å². The molecule has 92 valence electrons. The summed E-state index contributed by atoms with van der Waals surface area (Å²) >= 11 is 0. The second kappa shape index (κ2) is 10.4. The first-order valence-corrected chi connectivity index (χ1v) is 5.58. The van der Waals surface area contributed by atoms with Gasteiger partial charge in [0.2, 0.25) is 0 Å². The molecule has 0 saturated heterocycles. The van der Waals surface area contributed by atoms with Crippen molar-refractivity contribution >= 4 is 0 Å². The molecule has 0 spiro atoms. The summed E-state index contributed by atoms with van der Waals surface area (Å²) in [6.07, 6.45) is 1.01. The summed E-state index contributed by atoms with van der Waals surface area (Å²) in [5, 5.41) is 0. The lowest BCUT2D eigenvalue weighted by Gasteiger charge is -2.15. The summed E-state index contributed by atoms with van der Waals surface area (Å²) < 4.78 is 15.5. The molecule has 0 aliphatic rings. The van der Waals surface area contributed by atoms with E-state index >= 15 is 0 Å². The molecule has 0 amide bonds. The molecule has 0 heterocycles. The molecular formula is C11H25NO3. The Balaban J connectivity index is 3.05. The van der Waals surface area contributed by atoms with Gasteiger partial charge < -0.3 is 19.9 Å². The highest BCUT2D eigenvalue weighted by Crippen LogP contribution is 2.05. The molecule has 2 N–H and O–H groups in total. The fourth-order valence-corrected chi connectivity index (χ4v) is 0.996. The van der Waals surface area contributed by atoms with E-state index in [4.69, 9.17) is 19.9 Å². The highest BCUT2D eigenvalue weighted by Gasteiger charge is 2.06. The van der Waals surface area contributed by atoms with E-state index in [0.29, 0.717) is 32.3 Å². The van der Waals surface area contributed by atoms with Crippen LogP contribution in [0.15, 0.2) is 0 Å². The molecular weight excluding hydrogens is 194 g/mol. The molecule has 2 unspecified atom stereocenters. The Labute approximate surface area is 93.1 Å². The van der Waals surface area contributed by atoms with E-state index in [1.54, 1.807) is 7.11 Å². The number of hydrogen-bond acceptors (Lipinski definition) is 4. The largest absolute Gasteiger partial charge is 0.382 e. The van der Waals surface area contributed by atoms with Gasteiger partial charge in [0.25, 0.3) is 0 Å². The van der Waals surface area contributed by atoms with Crippen LogP contribution >= 0.6 is 0 Å². The maximum Gasteiger partial charge on any atom is 0.0701 e. The molecule has 0 aromatic rings. The minimum Gasteiger partial charge on any atom is -0.382 e. The lowest BCUT2D eigenvalue weighted by atomic mass is 10.0. The first-order chi connectivity index (χ1) is 7.18. The third-order valence-corrected chi connectivity index (χ3v) is 2.42. The van der Waals surface area contributed by atoms with E-state index in [9.17, 15) is 0 Å². The zero-order chi connectivity index (χ0) is 11.5. The Morgan fingerprint density at radius 2 is 1.47 bits per heavy atom. The second-order valence-corrected chi connectivity index (χ2v) is 3.84. The van der Waals surface area contributed by atoms with Gasteiger partial charge in [-0.3, -0.25) is 0 Å². The number of methoxy groups -OCH3 is 1. The lowest BCUT2D eigenvalue weighted by molar-refractivity contribution is 0.0218. The van der Waals surface area contributed by atoms with Gasteiger partial charge in [-0.1, -0.05) is 6.92 Å². The summed E-state index contributed by atoms with van der Waals surface area (Å²) in [6.45, 7) is 7.49. The van der Waals surface area contributed by atoms with Gasteiger partial charge in [0.1, 0.15) is 0 Å². The van der Waals surface area contributed by atoms with Crippen molar-refractivity contribution in [1.82, 2.24) is 0 Å². The first-order valence-electron chi connectivity index (χ1n) is 5.58. The fraction of sp³-hybridized carbons (Fsp3) is 1.00. The minimum absolute atomic E-state index is 0.242. The Hall–Kier alpha value is -0.160. The van der Waals surface area contributed by atoms with Gasteiger partial charge in [-0.15, -0.1) is 0 Å². The standard InChI is InChI=1S/C11H25NO3/c1-10(11(2)12)4-5-14-8-9-15-7-6-13-3/h10-11H,4-9,12H2,1-3H3. The molecule has 0 aromatic carbocycles. The molecule has 0 bridgehead atoms. The van der Waals surface area contributed by atoms with Crippen molar-refractivity contribution in [3.63, 3.8) is 0 Å². The van der Waals surface area contributed by atoms with E-state index in [2.05, 4.69) is 6.92 Å². The molecule has 0 aliphatic carbocycles. The summed E-state index contributed by atoms with van der Waals surface area (Å²) in [4.78, 5) is 0. The van der Waals surface area contributed by atoms with Crippen LogP contribution in [0.3, 0.4) is 0 Å². The van der Waals surface area contributed by atoms with Crippen molar-refractivity contribution in [3.8, 4) is 0 Å². The van der Waals surface area contributed by atoms with Gasteiger partial charge >= 0.3 is 0 Å². The normalized spacial score (nSPS) is 15.2. The minimum atomic E-state index is 0.242. The van der Waals surface area contributed by atoms with Crippen molar-refractivity contribution in [2.45, 2.75) is 26.3 Å². The Morgan fingerprint density at radius 3 is 2.00 bits per heavy atom. The SMILES string of the molecule is COCCOCCOCCC(C)C(C)N. The first kappa shape index (κ1) is 14.8. The molecule has 0 saturated carbocycles. The topological polar surface area (TPSA) is 53.7 Å². The Kier molecular flexibility index (Phi) is 10.3. The van der Waals surface area contributed by atoms with Crippen LogP contribution in [-0.2, 0) is 14.2 Å². The molecule has 2 atom stereocenters. The zero-order valence-electron chi connectivity index (χ0n) is 10.2. The summed E-state index contributed by atoms with van der Waals surface area (Å²) in [5.41, 5.74) is 5.74. The van der Waals surface area contributed by atoms with E-state index in [1.165, 1.54) is 0 Å². The monoisotopic (exact) mass is 219 g/mol. The average Bonchev–Trinajstić information content (AvgIpc) is 2.21. The van der Waals surface area contributed by atoms with Crippen LogP contribution in [-0.4, -0.2) is 46.2 Å². The molecule has 0 rings (SSSR count). The number of hydrogen-bond donors (Lipinski definition) is 1. The van der Waals surface area contributed by atoms with Crippen molar-refractivity contribution in [2.24, 2.45) is 11.7 Å². The molecule has 15 heavy (non-hydrogen) atoms. The summed E-state index contributed by atoms with van der Waals surface area (Å²) in [6, 6.07) is 0.242. The average molecular weight is 219 g/mol. The maximum atomic E-state index is 5.74. The van der Waals surface area contributed by atoms with Crippen molar-refractivity contribution < 1.29 is 14.2 Å². The van der Waals surface area contributed by atoms with Crippen molar-refractivity contribution in [2.75, 3.05) is 40.1 Å². The van der Waals surface area contributed by atoms with Crippen LogP contribution in [0.2, 0.25) is 0 Å². The maximum absolute atomic E-state index is 5.74. The van der Waals surface area contributed by atoms with Gasteiger partial charge in [-0.2, -0.15) is 0 Å². The van der Waals surface area contributed by atoms with E-state index in [1.807, 2.05) is 6.92 Å². The second-order valence-electron chi connectivity index (χ2n) is 3.84. The number of ether oxygens (including phenoxy) is 3. The quantitative estimate of drug-likeness (QED) is 0.558. The molecule has 0 fully saturated rings. The van der Waals surface area contributed by atoms with Crippen LogP contribution in [0, 0.1) is 5.92 Å². The van der Waals surface area contributed by atoms with E-state index in [-0.39, 0.29) is 6.04 Å². The highest BCUT2D eigenvalue weighted by atomic mass is 16.5. The molecule has 0 aliphatic heterocycles. The molecule has 4 heteroatoms. The Bertz CT molecular complexity index is 131. The zero-order valence-corrected chi connectivity index (χ0v) is 10.2. The van der Waals surface area contributed by atoms with Gasteiger partial charge in [0, 0.05) is 19.8 Å². The predicted molar refractivity (Wildman–Crippen MR) is 60.9 cm³/mol. The van der Waals surface area contributed by atoms with Crippen LogP contribution in [0.4, 0.5) is 0 Å². The highest BCUT2D eigenvalue weighted by molar-refractivity contribution is 4.62. The summed E-state index contributed by atoms with van der Waals surface area (Å²) in [5.74, 6) is 0.513. The van der Waals surface area contributed by atoms with Gasteiger partial charge in [0.05, 0.1) is 26.4 Å². The molecule has 0 radical (unpaired) electrons. The summed E-state index contributed by atoms with van der Waals surface area (Å²) in [7, 11) is 1.66. The van der Waals surface area contributed by atoms with Crippen molar-refractivity contribution in [1.29, 1.82) is 0 Å².